The summed E-state index contributed by atoms with van der Waals surface area (Å²) in [6.45, 7) is 1.97. The molecule has 1 amide bonds. The maximum absolute atomic E-state index is 11.9. The van der Waals surface area contributed by atoms with Crippen molar-refractivity contribution >= 4 is 51.6 Å². The third kappa shape index (κ3) is 4.14. The Kier molecular flexibility index (Phi) is 5.31. The second-order valence-corrected chi connectivity index (χ2v) is 6.58. The van der Waals surface area contributed by atoms with E-state index in [2.05, 4.69) is 27.9 Å². The highest BCUT2D eigenvalue weighted by Crippen LogP contribution is 2.26. The lowest BCUT2D eigenvalue weighted by Gasteiger charge is -2.08. The lowest BCUT2D eigenvalue weighted by molar-refractivity contribution is -0.113. The molecule has 0 atom stereocenters. The van der Waals surface area contributed by atoms with Crippen molar-refractivity contribution < 1.29 is 4.79 Å². The molecule has 0 saturated heterocycles. The van der Waals surface area contributed by atoms with Crippen LogP contribution in [0.5, 0.6) is 0 Å². The van der Waals surface area contributed by atoms with Crippen LogP contribution in [0.25, 0.3) is 0 Å². The Morgan fingerprint density at radius 2 is 2.05 bits per heavy atom. The van der Waals surface area contributed by atoms with Crippen molar-refractivity contribution in [2.24, 2.45) is 0 Å². The van der Waals surface area contributed by atoms with E-state index in [9.17, 15) is 4.79 Å². The first kappa shape index (κ1) is 15.2. The van der Waals surface area contributed by atoms with Gasteiger partial charge in [-0.3, -0.25) is 4.79 Å². The summed E-state index contributed by atoms with van der Waals surface area (Å²) >= 11 is 3.72. The fourth-order valence-electron chi connectivity index (χ4n) is 1.69. The van der Waals surface area contributed by atoms with Crippen LogP contribution in [0.1, 0.15) is 5.56 Å². The Hall–Kier alpha value is -1.21. The van der Waals surface area contributed by atoms with E-state index in [1.54, 1.807) is 0 Å². The molecule has 0 bridgehead atoms. The van der Waals surface area contributed by atoms with Crippen LogP contribution < -0.4 is 11.1 Å². The van der Waals surface area contributed by atoms with Crippen LogP contribution in [0.4, 0.5) is 11.4 Å². The fourth-order valence-corrected chi connectivity index (χ4v) is 3.11. The number of hydrogen-bond donors (Lipinski definition) is 2. The number of nitrogen functional groups attached to an aromatic ring is 1. The number of carbonyl (C=O) groups excluding carboxylic acids is 1. The molecule has 0 saturated carbocycles. The predicted molar refractivity (Wildman–Crippen MR) is 94.1 cm³/mol. The van der Waals surface area contributed by atoms with E-state index in [4.69, 9.17) is 5.73 Å². The summed E-state index contributed by atoms with van der Waals surface area (Å²) in [5.74, 6) is 0.356. The molecule has 0 aliphatic heterocycles. The predicted octanol–water partition coefficient (Wildman–Crippen LogP) is 3.91. The first-order valence-corrected chi connectivity index (χ1v) is 8.16. The van der Waals surface area contributed by atoms with Gasteiger partial charge in [0.2, 0.25) is 5.91 Å². The minimum absolute atomic E-state index is 0.0150. The van der Waals surface area contributed by atoms with Gasteiger partial charge < -0.3 is 11.1 Å². The molecule has 2 aromatic carbocycles. The molecule has 3 N–H and O–H groups in total. The standard InChI is InChI=1S/C15H15IN2OS/c1-10-13(17)6-3-7-14(10)20-9-15(19)18-12-5-2-4-11(16)8-12/h2-8H,9,17H2,1H3,(H,18,19). The number of rotatable bonds is 4. The van der Waals surface area contributed by atoms with Crippen LogP contribution in [0.3, 0.4) is 0 Å². The van der Waals surface area contributed by atoms with Crippen molar-refractivity contribution in [2.75, 3.05) is 16.8 Å². The Bertz CT molecular complexity index is 631. The van der Waals surface area contributed by atoms with Gasteiger partial charge in [0, 0.05) is 19.8 Å². The van der Waals surface area contributed by atoms with Gasteiger partial charge in [0.05, 0.1) is 5.75 Å². The molecule has 0 spiro atoms. The Morgan fingerprint density at radius 3 is 2.80 bits per heavy atom. The van der Waals surface area contributed by atoms with Gasteiger partial charge in [-0.1, -0.05) is 12.1 Å². The fraction of sp³-hybridized carbons (Fsp3) is 0.133. The summed E-state index contributed by atoms with van der Waals surface area (Å²) in [7, 11) is 0. The molecule has 0 aliphatic carbocycles. The Labute approximate surface area is 136 Å². The first-order chi connectivity index (χ1) is 9.56. The topological polar surface area (TPSA) is 55.1 Å². The number of thioether (sulfide) groups is 1. The minimum atomic E-state index is -0.0150. The average Bonchev–Trinajstić information content (AvgIpc) is 2.40. The smallest absolute Gasteiger partial charge is 0.234 e. The zero-order chi connectivity index (χ0) is 14.5. The zero-order valence-electron chi connectivity index (χ0n) is 11.0. The maximum atomic E-state index is 11.9. The summed E-state index contributed by atoms with van der Waals surface area (Å²) in [5.41, 5.74) is 8.46. The average molecular weight is 398 g/mol. The van der Waals surface area contributed by atoms with Crippen molar-refractivity contribution in [3.05, 3.63) is 51.6 Å². The second-order valence-electron chi connectivity index (χ2n) is 4.32. The summed E-state index contributed by atoms with van der Waals surface area (Å²) in [6.07, 6.45) is 0. The molecule has 2 rings (SSSR count). The van der Waals surface area contributed by atoms with Crippen LogP contribution >= 0.6 is 34.4 Å². The highest BCUT2D eigenvalue weighted by molar-refractivity contribution is 14.1. The van der Waals surface area contributed by atoms with Gasteiger partial charge in [0.25, 0.3) is 0 Å². The molecule has 2 aromatic rings. The Balaban J connectivity index is 1.94. The van der Waals surface area contributed by atoms with Gasteiger partial charge in [-0.15, -0.1) is 11.8 Å². The normalized spacial score (nSPS) is 10.3. The molecule has 5 heteroatoms. The maximum Gasteiger partial charge on any atom is 0.234 e. The molecule has 0 aliphatic rings. The lowest BCUT2D eigenvalue weighted by atomic mass is 10.2. The third-order valence-corrected chi connectivity index (χ3v) is 4.62. The second kappa shape index (κ2) is 6.99. The van der Waals surface area contributed by atoms with E-state index >= 15 is 0 Å². The van der Waals surface area contributed by atoms with Crippen LogP contribution in [0.2, 0.25) is 0 Å². The number of halogens is 1. The third-order valence-electron chi connectivity index (χ3n) is 2.79. The number of carbonyl (C=O) groups is 1. The van der Waals surface area contributed by atoms with Crippen LogP contribution in [-0.4, -0.2) is 11.7 Å². The van der Waals surface area contributed by atoms with Crippen molar-refractivity contribution in [3.63, 3.8) is 0 Å². The van der Waals surface area contributed by atoms with Gasteiger partial charge in [-0.25, -0.2) is 0 Å². The molecule has 0 radical (unpaired) electrons. The van der Waals surface area contributed by atoms with E-state index in [1.807, 2.05) is 49.4 Å². The number of amides is 1. The summed E-state index contributed by atoms with van der Waals surface area (Å²) < 4.78 is 1.10. The van der Waals surface area contributed by atoms with Crippen LogP contribution in [0, 0.1) is 10.5 Å². The van der Waals surface area contributed by atoms with Crippen molar-refractivity contribution in [1.29, 1.82) is 0 Å². The Morgan fingerprint density at radius 1 is 1.30 bits per heavy atom. The van der Waals surface area contributed by atoms with Gasteiger partial charge >= 0.3 is 0 Å². The number of anilines is 2. The quantitative estimate of drug-likeness (QED) is 0.467. The number of benzene rings is 2. The molecule has 0 fully saturated rings. The van der Waals surface area contributed by atoms with Crippen molar-refractivity contribution in [1.82, 2.24) is 0 Å². The number of nitrogens with two attached hydrogens (primary N) is 1. The molecule has 3 nitrogen and oxygen atoms in total. The van der Waals surface area contributed by atoms with E-state index in [0.29, 0.717) is 5.75 Å². The van der Waals surface area contributed by atoms with Crippen molar-refractivity contribution in [3.8, 4) is 0 Å². The van der Waals surface area contributed by atoms with E-state index in [1.165, 1.54) is 11.8 Å². The first-order valence-electron chi connectivity index (χ1n) is 6.09. The molecule has 0 heterocycles. The highest BCUT2D eigenvalue weighted by Gasteiger charge is 2.07. The molecule has 104 valence electrons. The van der Waals surface area contributed by atoms with E-state index in [0.717, 1.165) is 25.4 Å². The number of nitrogens with one attached hydrogen (secondary N) is 1. The SMILES string of the molecule is Cc1c(N)cccc1SCC(=O)Nc1cccc(I)c1. The largest absolute Gasteiger partial charge is 0.398 e. The van der Waals surface area contributed by atoms with E-state index in [-0.39, 0.29) is 5.91 Å². The summed E-state index contributed by atoms with van der Waals surface area (Å²) in [6, 6.07) is 13.5. The van der Waals surface area contributed by atoms with Gasteiger partial charge in [-0.05, 0) is 65.4 Å². The molecular formula is C15H15IN2OS. The molecule has 20 heavy (non-hydrogen) atoms. The monoisotopic (exact) mass is 398 g/mol. The van der Waals surface area contributed by atoms with Gasteiger partial charge in [0.15, 0.2) is 0 Å². The summed E-state index contributed by atoms with van der Waals surface area (Å²) in [4.78, 5) is 13.0. The van der Waals surface area contributed by atoms with Crippen LogP contribution in [-0.2, 0) is 4.79 Å². The molecular weight excluding hydrogens is 383 g/mol. The van der Waals surface area contributed by atoms with Crippen LogP contribution in [0.15, 0.2) is 47.4 Å². The van der Waals surface area contributed by atoms with Gasteiger partial charge in [-0.2, -0.15) is 0 Å². The lowest BCUT2D eigenvalue weighted by Crippen LogP contribution is -2.14. The minimum Gasteiger partial charge on any atom is -0.398 e. The summed E-state index contributed by atoms with van der Waals surface area (Å²) in [5, 5.41) is 2.89. The van der Waals surface area contributed by atoms with Gasteiger partial charge in [0.1, 0.15) is 0 Å². The highest BCUT2D eigenvalue weighted by atomic mass is 127. The van der Waals surface area contributed by atoms with E-state index < -0.39 is 0 Å². The zero-order valence-corrected chi connectivity index (χ0v) is 14.0. The molecule has 0 unspecified atom stereocenters. The molecule has 0 aromatic heterocycles. The number of hydrogen-bond acceptors (Lipinski definition) is 3. The van der Waals surface area contributed by atoms with Crippen molar-refractivity contribution in [2.45, 2.75) is 11.8 Å².